The van der Waals surface area contributed by atoms with Gasteiger partial charge in [0.05, 0.1) is 12.5 Å². The Kier molecular flexibility index (Phi) is 11.8. The second-order valence-corrected chi connectivity index (χ2v) is 5.16. The van der Waals surface area contributed by atoms with Crippen molar-refractivity contribution >= 4 is 12.3 Å². The van der Waals surface area contributed by atoms with Gasteiger partial charge >= 0.3 is 5.97 Å². The molecule has 0 aliphatic heterocycles. The zero-order valence-corrected chi connectivity index (χ0v) is 13.0. The lowest BCUT2D eigenvalue weighted by Crippen LogP contribution is -2.13. The Balaban J connectivity index is 3.73. The fourth-order valence-corrected chi connectivity index (χ4v) is 1.72. The number of hydrogen-bond acceptors (Lipinski definition) is 3. The van der Waals surface area contributed by atoms with E-state index >= 15 is 0 Å². The summed E-state index contributed by atoms with van der Waals surface area (Å²) in [5.74, 6) is -0.282. The summed E-state index contributed by atoms with van der Waals surface area (Å²) in [6.07, 6.45) is 14.0. The average Bonchev–Trinajstić information content (AvgIpc) is 2.42. The van der Waals surface area contributed by atoms with Crippen LogP contribution in [0.25, 0.3) is 0 Å². The van der Waals surface area contributed by atoms with Crippen LogP contribution in [0.5, 0.6) is 0 Å². The summed E-state index contributed by atoms with van der Waals surface area (Å²) in [6, 6.07) is 0. The van der Waals surface area contributed by atoms with Gasteiger partial charge in [0.15, 0.2) is 0 Å². The van der Waals surface area contributed by atoms with Crippen LogP contribution in [0.1, 0.15) is 59.3 Å². The lowest BCUT2D eigenvalue weighted by molar-refractivity contribution is -0.147. The first-order valence-corrected chi connectivity index (χ1v) is 7.58. The van der Waals surface area contributed by atoms with Gasteiger partial charge < -0.3 is 9.53 Å². The highest BCUT2D eigenvalue weighted by Gasteiger charge is 2.07. The van der Waals surface area contributed by atoms with Crippen molar-refractivity contribution in [2.75, 3.05) is 0 Å². The van der Waals surface area contributed by atoms with Gasteiger partial charge in [0.25, 0.3) is 0 Å². The number of carbonyl (C=O) groups excluding carboxylic acids is 2. The summed E-state index contributed by atoms with van der Waals surface area (Å²) < 4.78 is 5.31. The van der Waals surface area contributed by atoms with Gasteiger partial charge in [-0.3, -0.25) is 4.79 Å². The molecule has 0 fully saturated rings. The fourth-order valence-electron chi connectivity index (χ4n) is 1.72. The monoisotopic (exact) mass is 280 g/mol. The van der Waals surface area contributed by atoms with Crippen molar-refractivity contribution < 1.29 is 14.3 Å². The van der Waals surface area contributed by atoms with E-state index in [0.717, 1.165) is 19.1 Å². The maximum Gasteiger partial charge on any atom is 0.309 e. The largest absolute Gasteiger partial charge is 0.462 e. The Morgan fingerprint density at radius 1 is 1.15 bits per heavy atom. The van der Waals surface area contributed by atoms with Crippen molar-refractivity contribution in [3.8, 4) is 0 Å². The van der Waals surface area contributed by atoms with E-state index in [2.05, 4.69) is 6.92 Å². The van der Waals surface area contributed by atoms with E-state index in [-0.39, 0.29) is 24.4 Å². The molecule has 0 aromatic heterocycles. The molecule has 3 nitrogen and oxygen atoms in total. The number of unbranched alkanes of at least 4 members (excludes halogenated alkanes) is 3. The third-order valence-electron chi connectivity index (χ3n) is 2.96. The van der Waals surface area contributed by atoms with Crippen molar-refractivity contribution in [3.63, 3.8) is 0 Å². The van der Waals surface area contributed by atoms with Gasteiger partial charge in [0, 0.05) is 5.92 Å². The molecule has 0 saturated heterocycles. The number of aldehydes is 1. The van der Waals surface area contributed by atoms with E-state index in [1.54, 1.807) is 24.3 Å². The highest BCUT2D eigenvalue weighted by molar-refractivity contribution is 5.71. The number of carbonyl (C=O) groups is 2. The number of ether oxygens (including phenoxy) is 1. The van der Waals surface area contributed by atoms with Crippen LogP contribution >= 0.6 is 0 Å². The van der Waals surface area contributed by atoms with Gasteiger partial charge in [0.2, 0.25) is 0 Å². The van der Waals surface area contributed by atoms with Gasteiger partial charge in [-0.15, -0.1) is 0 Å². The molecule has 114 valence electrons. The Bertz CT molecular complexity index is 318. The lowest BCUT2D eigenvalue weighted by atomic mass is 10.1. The fraction of sp³-hybridized carbons (Fsp3) is 0.647. The summed E-state index contributed by atoms with van der Waals surface area (Å²) >= 11 is 0. The molecule has 0 saturated carbocycles. The molecule has 0 radical (unpaired) electrons. The molecule has 0 aromatic carbocycles. The predicted octanol–water partition coefficient (Wildman–Crippen LogP) is 4.23. The third-order valence-corrected chi connectivity index (χ3v) is 2.96. The second kappa shape index (κ2) is 12.6. The summed E-state index contributed by atoms with van der Waals surface area (Å²) in [6.45, 7) is 5.94. The molecule has 2 unspecified atom stereocenters. The summed E-state index contributed by atoms with van der Waals surface area (Å²) in [5.41, 5.74) is 0. The van der Waals surface area contributed by atoms with Crippen molar-refractivity contribution in [2.24, 2.45) is 5.92 Å². The van der Waals surface area contributed by atoms with Crippen LogP contribution in [0.3, 0.4) is 0 Å². The first-order valence-electron chi connectivity index (χ1n) is 7.58. The van der Waals surface area contributed by atoms with Crippen LogP contribution in [0.2, 0.25) is 0 Å². The standard InChI is InChI=1S/C17H28O3/c1-4-5-6-9-12-16(3)20-17(19)13-10-7-8-11-15(2)14-18/h7-8,10-11,14-16H,4-6,9,12-13H2,1-3H3/b10-7-,11-8-. The van der Waals surface area contributed by atoms with E-state index in [0.29, 0.717) is 0 Å². The molecule has 0 N–H and O–H groups in total. The minimum Gasteiger partial charge on any atom is -0.462 e. The number of hydrogen-bond donors (Lipinski definition) is 0. The maximum absolute atomic E-state index is 11.5. The lowest BCUT2D eigenvalue weighted by Gasteiger charge is -2.12. The molecule has 0 bridgehead atoms. The first kappa shape index (κ1) is 18.6. The van der Waals surface area contributed by atoms with Crippen molar-refractivity contribution in [1.29, 1.82) is 0 Å². The molecule has 0 aliphatic rings. The van der Waals surface area contributed by atoms with Gasteiger partial charge in [-0.2, -0.15) is 0 Å². The van der Waals surface area contributed by atoms with Crippen molar-refractivity contribution in [1.82, 2.24) is 0 Å². The highest BCUT2D eigenvalue weighted by Crippen LogP contribution is 2.08. The Labute approximate surface area is 123 Å². The number of esters is 1. The summed E-state index contributed by atoms with van der Waals surface area (Å²) in [5, 5.41) is 0. The Morgan fingerprint density at radius 3 is 2.55 bits per heavy atom. The smallest absolute Gasteiger partial charge is 0.309 e. The van der Waals surface area contributed by atoms with Gasteiger partial charge in [0.1, 0.15) is 6.29 Å². The minimum absolute atomic E-state index is 0.00150. The molecule has 0 heterocycles. The van der Waals surface area contributed by atoms with Crippen LogP contribution < -0.4 is 0 Å². The first-order chi connectivity index (χ1) is 9.60. The average molecular weight is 280 g/mol. The Morgan fingerprint density at radius 2 is 1.90 bits per heavy atom. The summed E-state index contributed by atoms with van der Waals surface area (Å²) in [4.78, 5) is 21.9. The van der Waals surface area contributed by atoms with E-state index in [9.17, 15) is 9.59 Å². The topological polar surface area (TPSA) is 43.4 Å². The van der Waals surface area contributed by atoms with Crippen LogP contribution in [-0.2, 0) is 14.3 Å². The number of allylic oxidation sites excluding steroid dienone is 3. The quantitative estimate of drug-likeness (QED) is 0.246. The molecule has 0 spiro atoms. The van der Waals surface area contributed by atoms with Crippen LogP contribution in [0.4, 0.5) is 0 Å². The van der Waals surface area contributed by atoms with Crippen LogP contribution in [0.15, 0.2) is 24.3 Å². The predicted molar refractivity (Wildman–Crippen MR) is 82.4 cm³/mol. The Hall–Kier alpha value is -1.38. The maximum atomic E-state index is 11.5. The molecule has 0 aliphatic carbocycles. The van der Waals surface area contributed by atoms with E-state index < -0.39 is 0 Å². The normalized spacial score (nSPS) is 14.6. The van der Waals surface area contributed by atoms with E-state index in [1.807, 2.05) is 13.8 Å². The highest BCUT2D eigenvalue weighted by atomic mass is 16.5. The van der Waals surface area contributed by atoms with Gasteiger partial charge in [-0.05, 0) is 19.8 Å². The van der Waals surface area contributed by atoms with E-state index in [1.165, 1.54) is 19.3 Å². The molecular weight excluding hydrogens is 252 g/mol. The van der Waals surface area contributed by atoms with Gasteiger partial charge in [-0.1, -0.05) is 57.4 Å². The number of rotatable bonds is 11. The molecule has 0 aromatic rings. The molecule has 2 atom stereocenters. The molecule has 0 amide bonds. The molecule has 0 rings (SSSR count). The van der Waals surface area contributed by atoms with E-state index in [4.69, 9.17) is 4.74 Å². The molecule has 3 heteroatoms. The zero-order valence-electron chi connectivity index (χ0n) is 13.0. The second-order valence-electron chi connectivity index (χ2n) is 5.16. The summed E-state index contributed by atoms with van der Waals surface area (Å²) in [7, 11) is 0. The van der Waals surface area contributed by atoms with Crippen molar-refractivity contribution in [3.05, 3.63) is 24.3 Å². The van der Waals surface area contributed by atoms with Crippen LogP contribution in [0, 0.1) is 5.92 Å². The molecule has 20 heavy (non-hydrogen) atoms. The SMILES string of the molecule is CCCCCCC(C)OC(=O)C/C=C\C=C/C(C)C=O. The zero-order chi connectivity index (χ0) is 15.2. The van der Waals surface area contributed by atoms with Gasteiger partial charge in [-0.25, -0.2) is 0 Å². The molecular formula is C17H28O3. The van der Waals surface area contributed by atoms with Crippen molar-refractivity contribution in [2.45, 2.75) is 65.4 Å². The third kappa shape index (κ3) is 11.7. The van der Waals surface area contributed by atoms with Crippen LogP contribution in [-0.4, -0.2) is 18.4 Å². The minimum atomic E-state index is -0.193.